The standard InChI is InChI=1S/C14H28N2O2/c1-18-14(17)12-6-3-2-4-8-13(9-5-7-12)16-11-10-15/h12-13,16H,2-11,15H2,1H3. The van der Waals surface area contributed by atoms with Crippen molar-refractivity contribution in [3.05, 3.63) is 0 Å². The van der Waals surface area contributed by atoms with E-state index in [0.29, 0.717) is 12.6 Å². The van der Waals surface area contributed by atoms with Crippen LogP contribution in [0.2, 0.25) is 0 Å². The van der Waals surface area contributed by atoms with Crippen LogP contribution < -0.4 is 11.1 Å². The monoisotopic (exact) mass is 256 g/mol. The van der Waals surface area contributed by atoms with E-state index in [1.165, 1.54) is 26.4 Å². The number of hydrogen-bond acceptors (Lipinski definition) is 4. The maximum Gasteiger partial charge on any atom is 0.308 e. The van der Waals surface area contributed by atoms with Gasteiger partial charge in [-0.05, 0) is 25.7 Å². The molecule has 0 amide bonds. The zero-order valence-corrected chi connectivity index (χ0v) is 11.6. The molecule has 0 radical (unpaired) electrons. The van der Waals surface area contributed by atoms with Gasteiger partial charge in [0.1, 0.15) is 0 Å². The predicted molar refractivity (Wildman–Crippen MR) is 73.3 cm³/mol. The Balaban J connectivity index is 2.39. The highest BCUT2D eigenvalue weighted by atomic mass is 16.5. The topological polar surface area (TPSA) is 64.3 Å². The van der Waals surface area contributed by atoms with Gasteiger partial charge in [-0.2, -0.15) is 0 Å². The van der Waals surface area contributed by atoms with Crippen molar-refractivity contribution in [3.8, 4) is 0 Å². The summed E-state index contributed by atoms with van der Waals surface area (Å²) in [5, 5.41) is 3.50. The molecule has 4 heteroatoms. The van der Waals surface area contributed by atoms with Gasteiger partial charge in [-0.15, -0.1) is 0 Å². The first-order valence-electron chi connectivity index (χ1n) is 7.29. The Labute approximate surface area is 111 Å². The van der Waals surface area contributed by atoms with E-state index in [1.54, 1.807) is 0 Å². The highest BCUT2D eigenvalue weighted by Gasteiger charge is 2.20. The minimum atomic E-state index is -0.0259. The van der Waals surface area contributed by atoms with E-state index in [-0.39, 0.29) is 11.9 Å². The number of carbonyl (C=O) groups is 1. The normalized spacial score (nSPS) is 26.6. The van der Waals surface area contributed by atoms with Gasteiger partial charge in [0, 0.05) is 19.1 Å². The van der Waals surface area contributed by atoms with E-state index in [4.69, 9.17) is 10.5 Å². The van der Waals surface area contributed by atoms with Crippen LogP contribution >= 0.6 is 0 Å². The summed E-state index contributed by atoms with van der Waals surface area (Å²) in [5.74, 6) is 0.0882. The molecule has 4 nitrogen and oxygen atoms in total. The molecule has 0 spiro atoms. The Morgan fingerprint density at radius 2 is 1.83 bits per heavy atom. The van der Waals surface area contributed by atoms with Gasteiger partial charge in [-0.1, -0.05) is 25.7 Å². The molecule has 3 N–H and O–H groups in total. The molecular weight excluding hydrogens is 228 g/mol. The summed E-state index contributed by atoms with van der Waals surface area (Å²) in [6, 6.07) is 0.574. The zero-order valence-electron chi connectivity index (χ0n) is 11.6. The number of esters is 1. The second-order valence-corrected chi connectivity index (χ2v) is 5.23. The first-order chi connectivity index (χ1) is 8.77. The minimum Gasteiger partial charge on any atom is -0.469 e. The average Bonchev–Trinajstić information content (AvgIpc) is 2.41. The van der Waals surface area contributed by atoms with Gasteiger partial charge >= 0.3 is 5.97 Å². The van der Waals surface area contributed by atoms with Crippen LogP contribution in [0.15, 0.2) is 0 Å². The van der Waals surface area contributed by atoms with Crippen LogP contribution in [0.5, 0.6) is 0 Å². The van der Waals surface area contributed by atoms with Crippen LogP contribution in [0.4, 0.5) is 0 Å². The molecule has 2 unspecified atom stereocenters. The van der Waals surface area contributed by atoms with Crippen molar-refractivity contribution in [2.45, 2.75) is 57.4 Å². The third-order valence-corrected chi connectivity index (χ3v) is 3.82. The fourth-order valence-electron chi connectivity index (χ4n) is 2.75. The van der Waals surface area contributed by atoms with E-state index in [9.17, 15) is 4.79 Å². The van der Waals surface area contributed by atoms with E-state index in [2.05, 4.69) is 5.32 Å². The van der Waals surface area contributed by atoms with E-state index in [1.807, 2.05) is 0 Å². The van der Waals surface area contributed by atoms with Crippen LogP contribution in [0.1, 0.15) is 51.4 Å². The van der Waals surface area contributed by atoms with E-state index < -0.39 is 0 Å². The van der Waals surface area contributed by atoms with Gasteiger partial charge in [0.25, 0.3) is 0 Å². The van der Waals surface area contributed by atoms with Crippen molar-refractivity contribution in [1.82, 2.24) is 5.32 Å². The first-order valence-corrected chi connectivity index (χ1v) is 7.29. The molecular formula is C14H28N2O2. The summed E-state index contributed by atoms with van der Waals surface area (Å²) >= 11 is 0. The average molecular weight is 256 g/mol. The Morgan fingerprint density at radius 3 is 2.56 bits per heavy atom. The molecule has 18 heavy (non-hydrogen) atoms. The fourth-order valence-corrected chi connectivity index (χ4v) is 2.75. The predicted octanol–water partition coefficient (Wildman–Crippen LogP) is 1.83. The molecule has 1 aliphatic rings. The molecule has 1 rings (SSSR count). The summed E-state index contributed by atoms with van der Waals surface area (Å²) in [7, 11) is 1.49. The molecule has 0 aliphatic heterocycles. The second kappa shape index (κ2) is 9.34. The number of hydrogen-bond donors (Lipinski definition) is 2. The van der Waals surface area contributed by atoms with Crippen molar-refractivity contribution in [1.29, 1.82) is 0 Å². The first kappa shape index (κ1) is 15.4. The number of nitrogens with two attached hydrogens (primary N) is 1. The number of ether oxygens (including phenoxy) is 1. The number of carbonyl (C=O) groups excluding carboxylic acids is 1. The van der Waals surface area contributed by atoms with Crippen LogP contribution in [0, 0.1) is 5.92 Å². The molecule has 0 aromatic carbocycles. The Hall–Kier alpha value is -0.610. The Morgan fingerprint density at radius 1 is 1.17 bits per heavy atom. The van der Waals surface area contributed by atoms with Gasteiger partial charge in [0.05, 0.1) is 13.0 Å². The van der Waals surface area contributed by atoms with Crippen LogP contribution in [-0.4, -0.2) is 32.2 Å². The molecule has 0 bridgehead atoms. The van der Waals surface area contributed by atoms with Crippen molar-refractivity contribution in [2.24, 2.45) is 11.7 Å². The van der Waals surface area contributed by atoms with Gasteiger partial charge in [-0.25, -0.2) is 0 Å². The molecule has 0 aromatic rings. The van der Waals surface area contributed by atoms with E-state index >= 15 is 0 Å². The molecule has 1 saturated carbocycles. The van der Waals surface area contributed by atoms with Crippen molar-refractivity contribution in [3.63, 3.8) is 0 Å². The number of methoxy groups -OCH3 is 1. The summed E-state index contributed by atoms with van der Waals surface area (Å²) < 4.78 is 4.88. The molecule has 106 valence electrons. The molecule has 0 aromatic heterocycles. The Bertz CT molecular complexity index is 234. The molecule has 2 atom stereocenters. The maximum absolute atomic E-state index is 11.6. The second-order valence-electron chi connectivity index (χ2n) is 5.23. The lowest BCUT2D eigenvalue weighted by Crippen LogP contribution is -2.33. The lowest BCUT2D eigenvalue weighted by Gasteiger charge is -2.22. The Kier molecular flexibility index (Phi) is 8.01. The van der Waals surface area contributed by atoms with Crippen molar-refractivity contribution in [2.75, 3.05) is 20.2 Å². The highest BCUT2D eigenvalue weighted by Crippen LogP contribution is 2.22. The zero-order chi connectivity index (χ0) is 13.2. The smallest absolute Gasteiger partial charge is 0.308 e. The van der Waals surface area contributed by atoms with Gasteiger partial charge in [-0.3, -0.25) is 4.79 Å². The highest BCUT2D eigenvalue weighted by molar-refractivity contribution is 5.72. The minimum absolute atomic E-state index is 0.0259. The van der Waals surface area contributed by atoms with Crippen LogP contribution in [0.25, 0.3) is 0 Å². The third kappa shape index (κ3) is 5.83. The molecule has 1 fully saturated rings. The number of rotatable bonds is 4. The van der Waals surface area contributed by atoms with E-state index in [0.717, 1.165) is 38.6 Å². The van der Waals surface area contributed by atoms with Crippen molar-refractivity contribution < 1.29 is 9.53 Å². The van der Waals surface area contributed by atoms with Crippen LogP contribution in [0.3, 0.4) is 0 Å². The van der Waals surface area contributed by atoms with Gasteiger partial charge < -0.3 is 15.8 Å². The summed E-state index contributed by atoms with van der Waals surface area (Å²) in [4.78, 5) is 11.6. The summed E-state index contributed by atoms with van der Waals surface area (Å²) in [5.41, 5.74) is 5.53. The van der Waals surface area contributed by atoms with Crippen molar-refractivity contribution >= 4 is 5.97 Å². The van der Waals surface area contributed by atoms with Crippen LogP contribution in [-0.2, 0) is 9.53 Å². The molecule has 1 aliphatic carbocycles. The fraction of sp³-hybridized carbons (Fsp3) is 0.929. The third-order valence-electron chi connectivity index (χ3n) is 3.82. The molecule has 0 heterocycles. The summed E-state index contributed by atoms with van der Waals surface area (Å²) in [6.07, 6.45) is 9.05. The maximum atomic E-state index is 11.6. The largest absolute Gasteiger partial charge is 0.469 e. The molecule has 0 saturated heterocycles. The lowest BCUT2D eigenvalue weighted by atomic mass is 9.90. The quantitative estimate of drug-likeness (QED) is 0.753. The SMILES string of the molecule is COC(=O)C1CCCCCC(NCCN)CCC1. The summed E-state index contributed by atoms with van der Waals surface area (Å²) in [6.45, 7) is 1.59. The van der Waals surface area contributed by atoms with Gasteiger partial charge in [0.15, 0.2) is 0 Å². The lowest BCUT2D eigenvalue weighted by molar-refractivity contribution is -0.146. The van der Waals surface area contributed by atoms with Gasteiger partial charge in [0.2, 0.25) is 0 Å². The number of nitrogens with one attached hydrogen (secondary N) is 1.